The highest BCUT2D eigenvalue weighted by atomic mass is 32.2. The predicted molar refractivity (Wildman–Crippen MR) is 141 cm³/mol. The van der Waals surface area contributed by atoms with Crippen LogP contribution in [0, 0.1) is 11.8 Å². The van der Waals surface area contributed by atoms with Crippen LogP contribution in [0.4, 0.5) is 0 Å². The van der Waals surface area contributed by atoms with Crippen molar-refractivity contribution in [3.8, 4) is 11.1 Å². The second-order valence-corrected chi connectivity index (χ2v) is 12.5. The minimum atomic E-state index is -3.51. The molecule has 35 heavy (non-hydrogen) atoms. The normalized spacial score (nSPS) is 23.4. The van der Waals surface area contributed by atoms with Crippen molar-refractivity contribution in [2.45, 2.75) is 62.7 Å². The lowest BCUT2D eigenvalue weighted by Gasteiger charge is -2.27. The van der Waals surface area contributed by atoms with E-state index in [9.17, 15) is 8.42 Å². The number of nitrogens with one attached hydrogen (secondary N) is 1. The number of aliphatic imine (C=N–C) groups is 1. The van der Waals surface area contributed by atoms with Crippen LogP contribution in [0.25, 0.3) is 11.1 Å². The van der Waals surface area contributed by atoms with Crippen LogP contribution in [-0.2, 0) is 16.3 Å². The summed E-state index contributed by atoms with van der Waals surface area (Å²) in [6.07, 6.45) is 9.13. The molecule has 0 aromatic heterocycles. The first-order valence-electron chi connectivity index (χ1n) is 13.0. The third-order valence-corrected chi connectivity index (χ3v) is 9.17. The zero-order valence-electron chi connectivity index (χ0n) is 20.8. The highest BCUT2D eigenvalue weighted by Gasteiger charge is 2.29. The molecule has 1 saturated carbocycles. The third kappa shape index (κ3) is 5.41. The van der Waals surface area contributed by atoms with E-state index < -0.39 is 9.84 Å². The summed E-state index contributed by atoms with van der Waals surface area (Å²) in [4.78, 5) is 4.85. The molecule has 1 N–H and O–H groups in total. The van der Waals surface area contributed by atoms with Gasteiger partial charge in [0.05, 0.1) is 4.90 Å². The zero-order chi connectivity index (χ0) is 24.4. The van der Waals surface area contributed by atoms with E-state index in [4.69, 9.17) is 0 Å². The highest BCUT2D eigenvalue weighted by Crippen LogP contribution is 2.38. The number of rotatable bonds is 6. The van der Waals surface area contributed by atoms with Crippen molar-refractivity contribution in [3.05, 3.63) is 53.1 Å². The average molecular weight is 493 g/mol. The van der Waals surface area contributed by atoms with Gasteiger partial charge in [-0.1, -0.05) is 56.2 Å². The van der Waals surface area contributed by atoms with Gasteiger partial charge in [0.1, 0.15) is 0 Å². The molecule has 2 aliphatic heterocycles. The quantitative estimate of drug-likeness (QED) is 0.556. The molecule has 0 amide bonds. The Labute approximate surface area is 209 Å². The van der Waals surface area contributed by atoms with Gasteiger partial charge in [0.25, 0.3) is 0 Å². The second kappa shape index (κ2) is 10.3. The summed E-state index contributed by atoms with van der Waals surface area (Å²) in [6, 6.07) is 12.7. The van der Waals surface area contributed by atoms with Gasteiger partial charge in [-0.3, -0.25) is 0 Å². The number of sulfone groups is 1. The maximum absolute atomic E-state index is 13.2. The second-order valence-electron chi connectivity index (χ2n) is 10.6. The number of hydrogen-bond donors (Lipinski definition) is 1. The van der Waals surface area contributed by atoms with Crippen molar-refractivity contribution in [1.29, 1.82) is 0 Å². The molecule has 7 heteroatoms. The van der Waals surface area contributed by atoms with Gasteiger partial charge in [0.2, 0.25) is 0 Å². The van der Waals surface area contributed by atoms with Crippen LogP contribution in [0.2, 0.25) is 0 Å². The van der Waals surface area contributed by atoms with Crippen molar-refractivity contribution >= 4 is 15.7 Å². The molecule has 186 valence electrons. The Morgan fingerprint density at radius 3 is 2.29 bits per heavy atom. The molecule has 0 atom stereocenters. The molecule has 0 radical (unpaired) electrons. The Morgan fingerprint density at radius 2 is 1.66 bits per heavy atom. The molecule has 1 aliphatic carbocycles. The van der Waals surface area contributed by atoms with Crippen LogP contribution in [0.1, 0.15) is 68.1 Å². The Kier molecular flexibility index (Phi) is 7.17. The maximum Gasteiger partial charge on any atom is 0.180 e. The average Bonchev–Trinajstić information content (AvgIpc) is 3.40. The van der Waals surface area contributed by atoms with Gasteiger partial charge in [0, 0.05) is 11.8 Å². The monoisotopic (exact) mass is 492 g/mol. The van der Waals surface area contributed by atoms with Crippen LogP contribution in [0.5, 0.6) is 0 Å². The van der Waals surface area contributed by atoms with Gasteiger partial charge in [-0.15, -0.1) is 5.11 Å². The van der Waals surface area contributed by atoms with Gasteiger partial charge in [-0.2, -0.15) is 5.11 Å². The summed E-state index contributed by atoms with van der Waals surface area (Å²) >= 11 is 0. The van der Waals surface area contributed by atoms with E-state index >= 15 is 0 Å². The molecule has 0 spiro atoms. The topological polar surface area (TPSA) is 83.2 Å². The molecule has 2 fully saturated rings. The Bertz CT molecular complexity index is 1220. The minimum Gasteiger partial charge on any atom is -0.317 e. The Balaban J connectivity index is 1.57. The van der Waals surface area contributed by atoms with E-state index in [1.54, 1.807) is 0 Å². The summed E-state index contributed by atoms with van der Waals surface area (Å²) < 4.78 is 26.5. The molecule has 0 bridgehead atoms. The van der Waals surface area contributed by atoms with E-state index in [0.717, 1.165) is 67.8 Å². The lowest BCUT2D eigenvalue weighted by atomic mass is 9.79. The van der Waals surface area contributed by atoms with E-state index in [1.165, 1.54) is 24.7 Å². The molecule has 2 heterocycles. The molecule has 2 aromatic rings. The standard InChI is InChI=1S/C28H36N4O2S/c1-19-3-5-20(6-4-19)17-24-11-12-25(26(27(24)35(2,33)34)28-30-18-31-32-28)23-9-7-21(8-10-23)22-13-15-29-16-14-22/h7-12,19-20,22,29H,3-6,13-18H2,1-2H3. The van der Waals surface area contributed by atoms with E-state index in [-0.39, 0.29) is 6.67 Å². The SMILES string of the molecule is CC1CCC(Cc2ccc(-c3ccc(C4CCNCC4)cc3)c(C3=NCN=N3)c2S(C)(=O)=O)CC1. The number of azo groups is 1. The molecule has 0 unspecified atom stereocenters. The molecule has 2 aromatic carbocycles. The smallest absolute Gasteiger partial charge is 0.180 e. The molecular weight excluding hydrogens is 456 g/mol. The lowest BCUT2D eigenvalue weighted by molar-refractivity contribution is 0.288. The molecular formula is C28H36N4O2S. The number of piperidine rings is 1. The number of benzene rings is 2. The molecule has 1 saturated heterocycles. The predicted octanol–water partition coefficient (Wildman–Crippen LogP) is 5.76. The van der Waals surface area contributed by atoms with Crippen LogP contribution in [-0.4, -0.2) is 40.3 Å². The molecule has 3 aliphatic rings. The van der Waals surface area contributed by atoms with Gasteiger partial charge in [-0.25, -0.2) is 13.4 Å². The molecule has 5 rings (SSSR count). The number of hydrogen-bond acceptors (Lipinski definition) is 6. The summed E-state index contributed by atoms with van der Waals surface area (Å²) in [5.74, 6) is 2.29. The fourth-order valence-corrected chi connectivity index (χ4v) is 7.16. The van der Waals surface area contributed by atoms with E-state index in [2.05, 4.69) is 57.8 Å². The van der Waals surface area contributed by atoms with Crippen molar-refractivity contribution in [3.63, 3.8) is 0 Å². The van der Waals surface area contributed by atoms with Gasteiger partial charge >= 0.3 is 0 Å². The van der Waals surface area contributed by atoms with Crippen LogP contribution < -0.4 is 5.32 Å². The fraction of sp³-hybridized carbons (Fsp3) is 0.536. The van der Waals surface area contributed by atoms with Gasteiger partial charge in [0.15, 0.2) is 22.3 Å². The molecule has 6 nitrogen and oxygen atoms in total. The summed E-state index contributed by atoms with van der Waals surface area (Å²) in [6.45, 7) is 4.67. The summed E-state index contributed by atoms with van der Waals surface area (Å²) in [5, 5.41) is 11.7. The van der Waals surface area contributed by atoms with Crippen LogP contribution in [0.3, 0.4) is 0 Å². The van der Waals surface area contributed by atoms with E-state index in [0.29, 0.717) is 28.1 Å². The maximum atomic E-state index is 13.2. The van der Waals surface area contributed by atoms with Crippen LogP contribution in [0.15, 0.2) is 56.5 Å². The van der Waals surface area contributed by atoms with Gasteiger partial charge in [-0.05, 0) is 85.2 Å². The van der Waals surface area contributed by atoms with Crippen molar-refractivity contribution in [1.82, 2.24) is 5.32 Å². The lowest BCUT2D eigenvalue weighted by Crippen LogP contribution is -2.26. The van der Waals surface area contributed by atoms with Crippen molar-refractivity contribution in [2.75, 3.05) is 26.0 Å². The fourth-order valence-electron chi connectivity index (χ4n) is 5.96. The number of nitrogens with zero attached hydrogens (tertiary/aromatic N) is 3. The Morgan fingerprint density at radius 1 is 0.943 bits per heavy atom. The minimum absolute atomic E-state index is 0.247. The largest absolute Gasteiger partial charge is 0.317 e. The summed E-state index contributed by atoms with van der Waals surface area (Å²) in [7, 11) is -3.51. The van der Waals surface area contributed by atoms with Gasteiger partial charge < -0.3 is 5.32 Å². The summed E-state index contributed by atoms with van der Waals surface area (Å²) in [5.41, 5.74) is 4.71. The third-order valence-electron chi connectivity index (χ3n) is 7.96. The zero-order valence-corrected chi connectivity index (χ0v) is 21.7. The highest BCUT2D eigenvalue weighted by molar-refractivity contribution is 7.90. The first-order chi connectivity index (χ1) is 16.9. The van der Waals surface area contributed by atoms with Crippen molar-refractivity contribution in [2.24, 2.45) is 27.1 Å². The van der Waals surface area contributed by atoms with Crippen molar-refractivity contribution < 1.29 is 8.42 Å². The Hall–Kier alpha value is -2.38. The number of amidine groups is 1. The van der Waals surface area contributed by atoms with Crippen LogP contribution >= 0.6 is 0 Å². The van der Waals surface area contributed by atoms with E-state index in [1.807, 2.05) is 6.07 Å². The first-order valence-corrected chi connectivity index (χ1v) is 14.9. The first kappa shape index (κ1) is 24.3.